The molecule has 0 saturated heterocycles. The van der Waals surface area contributed by atoms with E-state index in [1.165, 1.54) is 94.6 Å². The minimum atomic E-state index is 0.726. The van der Waals surface area contributed by atoms with Crippen LogP contribution in [0.5, 0.6) is 11.5 Å². The molecular weight excluding hydrogens is 308 g/mol. The summed E-state index contributed by atoms with van der Waals surface area (Å²) in [5, 5.41) is 0. The number of unbranched alkanes of at least 4 members (excludes halogenated alkanes) is 9. The first-order valence-corrected chi connectivity index (χ1v) is 10.5. The quantitative estimate of drug-likeness (QED) is 0.356. The van der Waals surface area contributed by atoms with Crippen LogP contribution in [0.4, 0.5) is 0 Å². The number of rotatable bonds is 13. The highest BCUT2D eigenvalue weighted by atomic mass is 16.5. The summed E-state index contributed by atoms with van der Waals surface area (Å²) in [6, 6.07) is 4.41. The van der Waals surface area contributed by atoms with Gasteiger partial charge in [0.05, 0.1) is 14.2 Å². The highest BCUT2D eigenvalue weighted by molar-refractivity contribution is 5.50. The third kappa shape index (κ3) is 6.24. The lowest BCUT2D eigenvalue weighted by Gasteiger charge is -2.14. The molecular formula is C23H38O2. The van der Waals surface area contributed by atoms with Gasteiger partial charge in [-0.3, -0.25) is 0 Å². The van der Waals surface area contributed by atoms with Gasteiger partial charge in [-0.1, -0.05) is 71.1 Å². The molecule has 2 rings (SSSR count). The Balaban J connectivity index is 1.64. The van der Waals surface area contributed by atoms with Gasteiger partial charge in [0, 0.05) is 0 Å². The summed E-state index contributed by atoms with van der Waals surface area (Å²) in [4.78, 5) is 0. The maximum atomic E-state index is 5.49. The van der Waals surface area contributed by atoms with Gasteiger partial charge in [0.25, 0.3) is 0 Å². The van der Waals surface area contributed by atoms with Crippen LogP contribution in [-0.2, 0) is 6.42 Å². The fraction of sp³-hybridized carbons (Fsp3) is 0.739. The first-order chi connectivity index (χ1) is 12.3. The van der Waals surface area contributed by atoms with E-state index in [4.69, 9.17) is 9.47 Å². The van der Waals surface area contributed by atoms with Gasteiger partial charge in [-0.15, -0.1) is 0 Å². The number of aryl methyl sites for hydroxylation is 1. The topological polar surface area (TPSA) is 18.5 Å². The largest absolute Gasteiger partial charge is 0.493 e. The molecule has 0 aliphatic heterocycles. The Morgan fingerprint density at radius 1 is 0.800 bits per heavy atom. The molecule has 0 aromatic heterocycles. The van der Waals surface area contributed by atoms with Crippen molar-refractivity contribution in [2.24, 2.45) is 0 Å². The lowest BCUT2D eigenvalue weighted by Crippen LogP contribution is -1.97. The average molecular weight is 347 g/mol. The zero-order chi connectivity index (χ0) is 17.9. The molecule has 0 heterocycles. The second-order valence-corrected chi connectivity index (χ2v) is 7.61. The van der Waals surface area contributed by atoms with Crippen molar-refractivity contribution in [2.75, 3.05) is 14.2 Å². The fourth-order valence-corrected chi connectivity index (χ4v) is 4.20. The van der Waals surface area contributed by atoms with Gasteiger partial charge in [-0.05, 0) is 48.4 Å². The minimum Gasteiger partial charge on any atom is -0.493 e. The van der Waals surface area contributed by atoms with Crippen molar-refractivity contribution in [3.05, 3.63) is 23.3 Å². The van der Waals surface area contributed by atoms with Crippen molar-refractivity contribution >= 4 is 0 Å². The smallest absolute Gasteiger partial charge is 0.161 e. The summed E-state index contributed by atoms with van der Waals surface area (Å²) in [6.45, 7) is 2.29. The summed E-state index contributed by atoms with van der Waals surface area (Å²) >= 11 is 0. The molecule has 0 spiro atoms. The molecule has 0 fully saturated rings. The van der Waals surface area contributed by atoms with Crippen molar-refractivity contribution in [3.8, 4) is 11.5 Å². The highest BCUT2D eigenvalue weighted by Crippen LogP contribution is 2.42. The third-order valence-corrected chi connectivity index (χ3v) is 5.75. The van der Waals surface area contributed by atoms with Crippen LogP contribution in [0, 0.1) is 0 Å². The van der Waals surface area contributed by atoms with Gasteiger partial charge in [-0.25, -0.2) is 0 Å². The molecule has 25 heavy (non-hydrogen) atoms. The second kappa shape index (κ2) is 11.4. The molecule has 0 bridgehead atoms. The summed E-state index contributed by atoms with van der Waals surface area (Å²) in [7, 11) is 3.46. The molecule has 1 aliphatic rings. The first-order valence-electron chi connectivity index (χ1n) is 10.5. The summed E-state index contributed by atoms with van der Waals surface area (Å²) in [6.07, 6.45) is 18.0. The van der Waals surface area contributed by atoms with E-state index in [1.807, 2.05) is 0 Å². The van der Waals surface area contributed by atoms with Crippen LogP contribution >= 0.6 is 0 Å². The predicted octanol–water partition coefficient (Wildman–Crippen LogP) is 7.04. The molecule has 1 aromatic rings. The average Bonchev–Trinajstić information content (AvgIpc) is 3.04. The molecule has 1 unspecified atom stereocenters. The zero-order valence-electron chi connectivity index (χ0n) is 16.7. The van der Waals surface area contributed by atoms with Crippen molar-refractivity contribution in [1.29, 1.82) is 0 Å². The fourth-order valence-electron chi connectivity index (χ4n) is 4.20. The summed E-state index contributed by atoms with van der Waals surface area (Å²) < 4.78 is 10.9. The Morgan fingerprint density at radius 3 is 1.96 bits per heavy atom. The predicted molar refractivity (Wildman–Crippen MR) is 107 cm³/mol. The second-order valence-electron chi connectivity index (χ2n) is 7.61. The van der Waals surface area contributed by atoms with Crippen LogP contribution < -0.4 is 9.47 Å². The van der Waals surface area contributed by atoms with Crippen molar-refractivity contribution in [1.82, 2.24) is 0 Å². The Bertz CT molecular complexity index is 495. The lowest BCUT2D eigenvalue weighted by atomic mass is 9.94. The monoisotopic (exact) mass is 346 g/mol. The maximum absolute atomic E-state index is 5.49. The van der Waals surface area contributed by atoms with E-state index in [9.17, 15) is 0 Å². The maximum Gasteiger partial charge on any atom is 0.161 e. The molecule has 1 aliphatic carbocycles. The number of hydrogen-bond donors (Lipinski definition) is 0. The zero-order valence-corrected chi connectivity index (χ0v) is 16.7. The minimum absolute atomic E-state index is 0.726. The molecule has 0 radical (unpaired) electrons. The van der Waals surface area contributed by atoms with Crippen molar-refractivity contribution in [2.45, 2.75) is 96.3 Å². The van der Waals surface area contributed by atoms with Gasteiger partial charge < -0.3 is 9.47 Å². The van der Waals surface area contributed by atoms with E-state index in [0.29, 0.717) is 0 Å². The van der Waals surface area contributed by atoms with Crippen LogP contribution in [0.25, 0.3) is 0 Å². The van der Waals surface area contributed by atoms with Crippen LogP contribution in [0.15, 0.2) is 12.1 Å². The molecule has 0 saturated carbocycles. The standard InChI is InChI=1S/C23H38O2/c1-4-5-6-7-8-9-10-11-12-13-14-19-15-16-20-17-22(24-2)23(25-3)18-21(19)20/h17-19H,4-16H2,1-3H3. The molecule has 2 heteroatoms. The Hall–Kier alpha value is -1.18. The van der Waals surface area contributed by atoms with E-state index < -0.39 is 0 Å². The lowest BCUT2D eigenvalue weighted by molar-refractivity contribution is 0.354. The first kappa shape index (κ1) is 20.1. The van der Waals surface area contributed by atoms with E-state index in [0.717, 1.165) is 17.4 Å². The van der Waals surface area contributed by atoms with Gasteiger partial charge in [0.15, 0.2) is 11.5 Å². The van der Waals surface area contributed by atoms with Gasteiger partial charge in [0.2, 0.25) is 0 Å². The number of fused-ring (bicyclic) bond motifs is 1. The molecule has 2 nitrogen and oxygen atoms in total. The summed E-state index contributed by atoms with van der Waals surface area (Å²) in [5.41, 5.74) is 2.98. The molecule has 1 aromatic carbocycles. The van der Waals surface area contributed by atoms with Gasteiger partial charge >= 0.3 is 0 Å². The van der Waals surface area contributed by atoms with E-state index >= 15 is 0 Å². The van der Waals surface area contributed by atoms with Gasteiger partial charge in [-0.2, -0.15) is 0 Å². The van der Waals surface area contributed by atoms with Crippen LogP contribution in [-0.4, -0.2) is 14.2 Å². The van der Waals surface area contributed by atoms with Crippen LogP contribution in [0.2, 0.25) is 0 Å². The van der Waals surface area contributed by atoms with Crippen LogP contribution in [0.1, 0.15) is 101 Å². The summed E-state index contributed by atoms with van der Waals surface area (Å²) in [5.74, 6) is 2.49. The van der Waals surface area contributed by atoms with E-state index in [2.05, 4.69) is 19.1 Å². The van der Waals surface area contributed by atoms with Gasteiger partial charge in [0.1, 0.15) is 0 Å². The van der Waals surface area contributed by atoms with Crippen LogP contribution in [0.3, 0.4) is 0 Å². The SMILES string of the molecule is CCCCCCCCCCCCC1CCc2cc(OC)c(OC)cc21. The highest BCUT2D eigenvalue weighted by Gasteiger charge is 2.24. The number of benzene rings is 1. The Labute approximate surface area is 155 Å². The van der Waals surface area contributed by atoms with E-state index in [-0.39, 0.29) is 0 Å². The van der Waals surface area contributed by atoms with Crippen molar-refractivity contribution < 1.29 is 9.47 Å². The molecule has 142 valence electrons. The normalized spacial score (nSPS) is 16.0. The van der Waals surface area contributed by atoms with E-state index in [1.54, 1.807) is 14.2 Å². The number of methoxy groups -OCH3 is 2. The van der Waals surface area contributed by atoms with Crippen molar-refractivity contribution in [3.63, 3.8) is 0 Å². The molecule has 0 N–H and O–H groups in total. The molecule has 1 atom stereocenters. The molecule has 0 amide bonds. The number of hydrogen-bond acceptors (Lipinski definition) is 2. The number of ether oxygens (including phenoxy) is 2. The Kier molecular flexibility index (Phi) is 9.21. The third-order valence-electron chi connectivity index (χ3n) is 5.75. The Morgan fingerprint density at radius 2 is 1.36 bits per heavy atom.